The Bertz CT molecular complexity index is 1950. The van der Waals surface area contributed by atoms with Crippen molar-refractivity contribution in [1.82, 2.24) is 0 Å². The molecule has 7 rings (SSSR count). The number of hydrogen-bond acceptors (Lipinski definition) is 5. The van der Waals surface area contributed by atoms with Crippen molar-refractivity contribution in [2.45, 2.75) is 28.5 Å². The maximum Gasteiger partial charge on any atom is 0.258 e. The third-order valence-electron chi connectivity index (χ3n) is 9.53. The summed E-state index contributed by atoms with van der Waals surface area (Å²) < 4.78 is 72.8. The van der Waals surface area contributed by atoms with Crippen molar-refractivity contribution in [1.29, 1.82) is 0 Å². The van der Waals surface area contributed by atoms with Gasteiger partial charge in [0.2, 0.25) is 17.6 Å². The zero-order valence-corrected chi connectivity index (χ0v) is 25.7. The van der Waals surface area contributed by atoms with Gasteiger partial charge in [-0.05, 0) is 60.7 Å². The van der Waals surface area contributed by atoms with Crippen LogP contribution >= 0.6 is 34.8 Å². The van der Waals surface area contributed by atoms with E-state index in [0.717, 1.165) is 4.90 Å². The van der Waals surface area contributed by atoms with Gasteiger partial charge in [-0.25, -0.2) is 26.9 Å². The first-order chi connectivity index (χ1) is 22.1. The number of carbonyl (C=O) groups excluding carboxylic acids is 4. The highest BCUT2D eigenvalue weighted by atomic mass is 35.5. The number of carbonyl (C=O) groups is 4. The Balaban J connectivity index is 1.42. The molecule has 6 unspecified atom stereocenters. The van der Waals surface area contributed by atoms with Gasteiger partial charge in [0.05, 0.1) is 17.5 Å². The predicted molar refractivity (Wildman–Crippen MR) is 158 cm³/mol. The van der Waals surface area contributed by atoms with E-state index in [1.54, 1.807) is 6.08 Å². The van der Waals surface area contributed by atoms with Crippen LogP contribution in [0.2, 0.25) is 5.02 Å². The second kappa shape index (κ2) is 10.5. The number of rotatable bonds is 3. The number of amides is 4. The van der Waals surface area contributed by atoms with Gasteiger partial charge in [0.25, 0.3) is 11.8 Å². The molecule has 47 heavy (non-hydrogen) atoms. The summed E-state index contributed by atoms with van der Waals surface area (Å²) in [6.07, 6.45) is 0.953. The van der Waals surface area contributed by atoms with Crippen molar-refractivity contribution < 1.29 is 46.2 Å². The highest BCUT2D eigenvalue weighted by Crippen LogP contribution is 2.66. The van der Waals surface area contributed by atoms with Gasteiger partial charge in [-0.2, -0.15) is 0 Å². The van der Waals surface area contributed by atoms with Gasteiger partial charge >= 0.3 is 0 Å². The summed E-state index contributed by atoms with van der Waals surface area (Å²) in [5.41, 5.74) is -1.17. The van der Waals surface area contributed by atoms with E-state index in [2.05, 4.69) is 0 Å². The van der Waals surface area contributed by atoms with Crippen molar-refractivity contribution in [3.05, 3.63) is 99.9 Å². The van der Waals surface area contributed by atoms with E-state index < -0.39 is 98.2 Å². The molecule has 2 heterocycles. The second-order valence-corrected chi connectivity index (χ2v) is 13.5. The van der Waals surface area contributed by atoms with Crippen molar-refractivity contribution >= 4 is 69.8 Å². The molecule has 3 aromatic carbocycles. The van der Waals surface area contributed by atoms with Crippen LogP contribution in [0, 0.1) is 46.8 Å². The molecule has 4 amide bonds. The van der Waals surface area contributed by atoms with Gasteiger partial charge in [0.15, 0.2) is 33.0 Å². The van der Waals surface area contributed by atoms with Crippen LogP contribution in [0.25, 0.3) is 0 Å². The number of fused-ring (bicyclic) bond motifs is 4. The van der Waals surface area contributed by atoms with E-state index in [1.807, 2.05) is 0 Å². The van der Waals surface area contributed by atoms with Gasteiger partial charge in [0.1, 0.15) is 11.4 Å². The van der Waals surface area contributed by atoms with Gasteiger partial charge < -0.3 is 5.11 Å². The number of hydrogen-bond donors (Lipinski definition) is 1. The smallest absolute Gasteiger partial charge is 0.258 e. The number of halogens is 8. The summed E-state index contributed by atoms with van der Waals surface area (Å²) in [5.74, 6) is -21.4. The molecule has 0 spiro atoms. The predicted octanol–water partition coefficient (Wildman–Crippen LogP) is 6.51. The van der Waals surface area contributed by atoms with E-state index in [1.165, 1.54) is 48.5 Å². The molecule has 0 aromatic heterocycles. The van der Waals surface area contributed by atoms with E-state index in [4.69, 9.17) is 34.8 Å². The molecular weight excluding hydrogens is 694 g/mol. The summed E-state index contributed by atoms with van der Waals surface area (Å²) in [7, 11) is 0. The lowest BCUT2D eigenvalue weighted by Crippen LogP contribution is -2.60. The number of phenolic OH excluding ortho intramolecular Hbond substituents is 1. The lowest BCUT2D eigenvalue weighted by molar-refractivity contribution is -0.125. The number of anilines is 2. The Morgan fingerprint density at radius 2 is 1.30 bits per heavy atom. The molecule has 3 aromatic rings. The SMILES string of the molecule is O=C1C2CC=C3C(CC4(Cl)C(=O)N(c5c(F)c(F)c(F)c(F)c5F)C(=O)C4(Cl)C3c3ccc(O)cc3)C2C(=O)N1c1ccc(Cl)cc1. The number of imide groups is 2. The summed E-state index contributed by atoms with van der Waals surface area (Å²) in [5, 5.41) is 10.3. The minimum absolute atomic E-state index is 0.00844. The molecule has 3 fully saturated rings. The molecule has 7 nitrogen and oxygen atoms in total. The van der Waals surface area contributed by atoms with Crippen LogP contribution in [0.15, 0.2) is 60.2 Å². The average molecular weight is 712 g/mol. The Labute approximate surface area is 277 Å². The van der Waals surface area contributed by atoms with E-state index in [-0.39, 0.29) is 28.3 Å². The van der Waals surface area contributed by atoms with Crippen LogP contribution in [0.3, 0.4) is 0 Å². The fraction of sp³-hybridized carbons (Fsp3) is 0.250. The molecule has 15 heteroatoms. The van der Waals surface area contributed by atoms with Gasteiger partial charge in [0, 0.05) is 10.9 Å². The monoisotopic (exact) mass is 710 g/mol. The van der Waals surface area contributed by atoms with Crippen LogP contribution in [0.5, 0.6) is 5.75 Å². The molecule has 6 atom stereocenters. The van der Waals surface area contributed by atoms with E-state index >= 15 is 8.78 Å². The van der Waals surface area contributed by atoms with Crippen LogP contribution in [0.4, 0.5) is 33.3 Å². The molecule has 2 aliphatic heterocycles. The minimum atomic E-state index is -2.64. The topological polar surface area (TPSA) is 95.0 Å². The van der Waals surface area contributed by atoms with Gasteiger partial charge in [-0.15, -0.1) is 23.2 Å². The first-order valence-electron chi connectivity index (χ1n) is 14.1. The summed E-state index contributed by atoms with van der Waals surface area (Å²) in [6, 6.07) is 11.1. The lowest BCUT2D eigenvalue weighted by atomic mass is 9.56. The standard InChI is InChI=1S/C32H18Cl3F5N2O5/c33-13-3-5-14(6-4-13)41-27(44)17-10-9-16-18(19(17)28(41)45)11-31(34)29(46)42(26-24(39)22(37)21(36)23(38)25(26)40)30(47)32(31,35)20(16)12-1-7-15(43)8-2-12/h1-9,17-20,43H,10-11H2. The number of nitrogens with zero attached hydrogens (tertiary/aromatic N) is 2. The Morgan fingerprint density at radius 3 is 1.89 bits per heavy atom. The summed E-state index contributed by atoms with van der Waals surface area (Å²) in [6.45, 7) is 0. The van der Waals surface area contributed by atoms with Crippen LogP contribution in [-0.4, -0.2) is 38.5 Å². The first-order valence-corrected chi connectivity index (χ1v) is 15.2. The molecule has 2 saturated heterocycles. The number of phenols is 1. The van der Waals surface area contributed by atoms with Gasteiger partial charge in [-0.1, -0.05) is 35.4 Å². The zero-order valence-electron chi connectivity index (χ0n) is 23.4. The number of benzene rings is 3. The van der Waals surface area contributed by atoms with Crippen molar-refractivity contribution in [2.75, 3.05) is 9.80 Å². The van der Waals surface area contributed by atoms with E-state index in [0.29, 0.717) is 10.6 Å². The largest absolute Gasteiger partial charge is 0.508 e. The zero-order chi connectivity index (χ0) is 33.9. The molecule has 0 bridgehead atoms. The highest BCUT2D eigenvalue weighted by Gasteiger charge is 2.77. The quantitative estimate of drug-likeness (QED) is 0.0836. The molecule has 4 aliphatic rings. The van der Waals surface area contributed by atoms with Crippen molar-refractivity contribution in [3.8, 4) is 5.75 Å². The van der Waals surface area contributed by atoms with Crippen molar-refractivity contribution in [3.63, 3.8) is 0 Å². The Kier molecular flexibility index (Phi) is 7.06. The minimum Gasteiger partial charge on any atom is -0.508 e. The molecule has 1 N–H and O–H groups in total. The maximum absolute atomic E-state index is 15.1. The summed E-state index contributed by atoms with van der Waals surface area (Å²) >= 11 is 20.1. The maximum atomic E-state index is 15.1. The number of allylic oxidation sites excluding steroid dienone is 2. The fourth-order valence-electron chi connectivity index (χ4n) is 7.45. The highest BCUT2D eigenvalue weighted by molar-refractivity contribution is 6.58. The Morgan fingerprint density at radius 1 is 0.723 bits per heavy atom. The van der Waals surface area contributed by atoms with Crippen molar-refractivity contribution in [2.24, 2.45) is 17.8 Å². The number of aromatic hydroxyl groups is 1. The second-order valence-electron chi connectivity index (χ2n) is 11.8. The number of alkyl halides is 2. The third kappa shape index (κ3) is 4.04. The van der Waals surface area contributed by atoms with E-state index in [9.17, 15) is 37.5 Å². The lowest BCUT2D eigenvalue weighted by Gasteiger charge is -2.50. The van der Waals surface area contributed by atoms with Crippen LogP contribution < -0.4 is 9.80 Å². The van der Waals surface area contributed by atoms with Crippen LogP contribution in [0.1, 0.15) is 24.3 Å². The molecule has 2 aliphatic carbocycles. The normalized spacial score (nSPS) is 30.0. The van der Waals surface area contributed by atoms with Crippen LogP contribution in [-0.2, 0) is 19.2 Å². The fourth-order valence-corrected chi connectivity index (χ4v) is 8.51. The average Bonchev–Trinajstić information content (AvgIpc) is 3.38. The van der Waals surface area contributed by atoms with Gasteiger partial charge in [-0.3, -0.25) is 24.1 Å². The molecular formula is C32H18Cl3F5N2O5. The third-order valence-corrected chi connectivity index (χ3v) is 11.2. The molecule has 1 saturated carbocycles. The molecule has 242 valence electrons. The molecule has 0 radical (unpaired) electrons. The first kappa shape index (κ1) is 31.6. The Hall–Kier alpha value is -4.00. The summed E-state index contributed by atoms with van der Waals surface area (Å²) in [4.78, 5) is 51.5.